The smallest absolute Gasteiger partial charge is 0.136 e. The van der Waals surface area contributed by atoms with Gasteiger partial charge < -0.3 is 4.42 Å². The van der Waals surface area contributed by atoms with E-state index in [2.05, 4.69) is 0 Å². The Labute approximate surface area is 317 Å². The van der Waals surface area contributed by atoms with Gasteiger partial charge in [-0.15, -0.1) is 0 Å². The predicted molar refractivity (Wildman–Crippen MR) is 218 cm³/mol. The van der Waals surface area contributed by atoms with Gasteiger partial charge in [0.15, 0.2) is 0 Å². The van der Waals surface area contributed by atoms with Crippen LogP contribution in [0, 0.1) is 0 Å². The first-order valence-electron chi connectivity index (χ1n) is 24.3. The fourth-order valence-electron chi connectivity index (χ4n) is 7.46. The lowest BCUT2D eigenvalue weighted by molar-refractivity contribution is 0.669. The number of furan rings is 1. The molecule has 0 radical (unpaired) electrons. The number of rotatable bonds is 3. The van der Waals surface area contributed by atoms with Crippen molar-refractivity contribution in [1.82, 2.24) is 0 Å². The van der Waals surface area contributed by atoms with E-state index >= 15 is 0 Å². The van der Waals surface area contributed by atoms with Gasteiger partial charge in [0.2, 0.25) is 0 Å². The van der Waals surface area contributed by atoms with Gasteiger partial charge in [0.05, 0.1) is 21.9 Å². The highest BCUT2D eigenvalue weighted by atomic mass is 16.3. The third-order valence-electron chi connectivity index (χ3n) is 9.65. The van der Waals surface area contributed by atoms with Crippen LogP contribution < -0.4 is 0 Å². The quantitative estimate of drug-likeness (QED) is 0.136. The summed E-state index contributed by atoms with van der Waals surface area (Å²) in [5.41, 5.74) is 0.911. The Hall–Kier alpha value is -6.70. The molecule has 0 bridgehead atoms. The molecule has 236 valence electrons. The van der Waals surface area contributed by atoms with E-state index in [0.717, 1.165) is 27.1 Å². The van der Waals surface area contributed by atoms with Gasteiger partial charge in [-0.25, -0.2) is 0 Å². The predicted octanol–water partition coefficient (Wildman–Crippen LogP) is 14.4. The minimum atomic E-state index is -0.671. The fraction of sp³-hybridized carbons (Fsp3) is 0. The van der Waals surface area contributed by atoms with E-state index in [4.69, 9.17) is 16.8 Å². The molecule has 1 nitrogen and oxygen atoms in total. The molecule has 0 saturated carbocycles. The summed E-state index contributed by atoms with van der Waals surface area (Å²) in [4.78, 5) is 0. The van der Waals surface area contributed by atoms with Crippen molar-refractivity contribution in [3.8, 4) is 33.4 Å². The van der Waals surface area contributed by atoms with Gasteiger partial charge in [-0.05, 0) is 111 Å². The molecule has 1 heterocycles. The van der Waals surface area contributed by atoms with Crippen LogP contribution in [0.15, 0.2) is 186 Å². The van der Waals surface area contributed by atoms with Gasteiger partial charge in [0.1, 0.15) is 11.2 Å². The van der Waals surface area contributed by atoms with E-state index in [1.807, 2.05) is 66.7 Å². The third kappa shape index (κ3) is 4.22. The number of fused-ring (bicyclic) bond motifs is 10. The van der Waals surface area contributed by atoms with Gasteiger partial charge in [-0.2, -0.15) is 0 Å². The molecule has 0 aliphatic carbocycles. The standard InChI is InChI=1S/C50H30O/c1-2-14-36-31(11-1)23-27-40-37(20-10-21-39(36)40)32-12-9-13-34(29-32)48-41-15-3-5-17-43(41)49(44-18-6-4-16-42(44)48)35-24-26-38-33(30-35)25-28-47-50(38)45-19-7-8-22-46(45)51-47/h1-30H/i3D,4D,5D,6D,7D,8D,15D,16D,17D,18D,19D,22D,25D,26D,28D,30D. The topological polar surface area (TPSA) is 13.1 Å². The molecule has 1 heteroatoms. The molecule has 0 atom stereocenters. The molecule has 0 N–H and O–H groups in total. The van der Waals surface area contributed by atoms with Crippen LogP contribution >= 0.6 is 0 Å². The Balaban J connectivity index is 1.31. The number of benzene rings is 10. The third-order valence-corrected chi connectivity index (χ3v) is 9.65. The van der Waals surface area contributed by atoms with Gasteiger partial charge in [-0.3, -0.25) is 0 Å². The summed E-state index contributed by atoms with van der Waals surface area (Å²) >= 11 is 0. The van der Waals surface area contributed by atoms with Gasteiger partial charge in [0, 0.05) is 10.8 Å². The Morgan fingerprint density at radius 1 is 0.373 bits per heavy atom. The van der Waals surface area contributed by atoms with Gasteiger partial charge >= 0.3 is 0 Å². The Bertz CT molecular complexity index is 4040. The first-order valence-corrected chi connectivity index (χ1v) is 16.3. The lowest BCUT2D eigenvalue weighted by atomic mass is 9.84. The molecule has 0 saturated heterocycles. The lowest BCUT2D eigenvalue weighted by Gasteiger charge is -2.19. The SMILES string of the molecule is [2H]c1c([2H])c([2H])c2c(oc3c([2H])c([2H])c4c([2H])c(-c5c6c([2H])c([2H])c([2H])c([2H])c6c(-c6cccc(-c7cccc8c7ccc7ccccc78)c6)c6c([2H])c([2H])c([2H])c([2H])c56)cc([2H])c4c32)c1[2H]. The first kappa shape index (κ1) is 16.8. The van der Waals surface area contributed by atoms with E-state index in [1.165, 1.54) is 6.07 Å². The molecule has 0 spiro atoms. The summed E-state index contributed by atoms with van der Waals surface area (Å²) < 4.78 is 151. The minimum Gasteiger partial charge on any atom is -0.456 e. The lowest BCUT2D eigenvalue weighted by Crippen LogP contribution is -1.91. The van der Waals surface area contributed by atoms with Gasteiger partial charge in [-0.1, -0.05) is 157 Å². The molecule has 0 fully saturated rings. The Morgan fingerprint density at radius 2 is 1.04 bits per heavy atom. The van der Waals surface area contributed by atoms with E-state index in [-0.39, 0.29) is 70.9 Å². The van der Waals surface area contributed by atoms with Crippen LogP contribution in [0.4, 0.5) is 0 Å². The summed E-state index contributed by atoms with van der Waals surface area (Å²) in [5.74, 6) is 0. The minimum absolute atomic E-state index is 0.0778. The molecule has 51 heavy (non-hydrogen) atoms. The second-order valence-electron chi connectivity index (χ2n) is 12.4. The van der Waals surface area contributed by atoms with Crippen LogP contribution in [0.2, 0.25) is 0 Å². The van der Waals surface area contributed by atoms with Crippen molar-refractivity contribution in [1.29, 1.82) is 0 Å². The Morgan fingerprint density at radius 3 is 1.84 bits per heavy atom. The molecular formula is C50H30O. The van der Waals surface area contributed by atoms with Crippen LogP contribution in [-0.4, -0.2) is 0 Å². The molecule has 0 aliphatic rings. The van der Waals surface area contributed by atoms with E-state index in [1.54, 1.807) is 12.1 Å². The van der Waals surface area contributed by atoms with Crippen molar-refractivity contribution < 1.29 is 26.3 Å². The first-order chi connectivity index (χ1) is 32.0. The molecule has 0 amide bonds. The van der Waals surface area contributed by atoms with Crippen LogP contribution in [-0.2, 0) is 0 Å². The summed E-state index contributed by atoms with van der Waals surface area (Å²) in [6.45, 7) is 0. The number of para-hydroxylation sites is 1. The molecule has 11 rings (SSSR count). The highest BCUT2D eigenvalue weighted by molar-refractivity contribution is 6.23. The van der Waals surface area contributed by atoms with Crippen molar-refractivity contribution in [3.05, 3.63) is 182 Å². The van der Waals surface area contributed by atoms with E-state index in [0.29, 0.717) is 11.1 Å². The Kier molecular flexibility index (Phi) is 3.59. The van der Waals surface area contributed by atoms with Crippen LogP contribution in [0.1, 0.15) is 21.9 Å². The van der Waals surface area contributed by atoms with Crippen molar-refractivity contribution in [2.75, 3.05) is 0 Å². The van der Waals surface area contributed by atoms with Crippen molar-refractivity contribution in [2.45, 2.75) is 0 Å². The zero-order valence-electron chi connectivity index (χ0n) is 42.5. The zero-order chi connectivity index (χ0) is 47.4. The summed E-state index contributed by atoms with van der Waals surface area (Å²) in [7, 11) is 0. The fourth-order valence-corrected chi connectivity index (χ4v) is 7.46. The molecule has 1 aromatic heterocycles. The van der Waals surface area contributed by atoms with Crippen LogP contribution in [0.5, 0.6) is 0 Å². The van der Waals surface area contributed by atoms with E-state index in [9.17, 15) is 9.60 Å². The molecule has 0 aliphatic heterocycles. The van der Waals surface area contributed by atoms with Crippen LogP contribution in [0.3, 0.4) is 0 Å². The summed E-state index contributed by atoms with van der Waals surface area (Å²) in [6, 6.07) is 17.1. The highest BCUT2D eigenvalue weighted by Gasteiger charge is 2.18. The molecule has 0 unspecified atom stereocenters. The molecular weight excluding hydrogens is 617 g/mol. The maximum atomic E-state index is 9.82. The average Bonchev–Trinajstić information content (AvgIpc) is 3.74. The van der Waals surface area contributed by atoms with Crippen molar-refractivity contribution in [3.63, 3.8) is 0 Å². The monoisotopic (exact) mass is 662 g/mol. The largest absolute Gasteiger partial charge is 0.456 e. The summed E-state index contributed by atoms with van der Waals surface area (Å²) in [5, 5.41) is 2.63. The van der Waals surface area contributed by atoms with Gasteiger partial charge in [0.25, 0.3) is 0 Å². The number of hydrogen-bond donors (Lipinski definition) is 0. The number of hydrogen-bond acceptors (Lipinski definition) is 1. The van der Waals surface area contributed by atoms with Crippen LogP contribution in [0.25, 0.3) is 109 Å². The zero-order valence-corrected chi connectivity index (χ0v) is 26.5. The highest BCUT2D eigenvalue weighted by Crippen LogP contribution is 2.46. The van der Waals surface area contributed by atoms with Crippen molar-refractivity contribution >= 4 is 75.8 Å². The average molecular weight is 663 g/mol. The normalized spacial score (nSPS) is 16.3. The maximum absolute atomic E-state index is 9.82. The second-order valence-corrected chi connectivity index (χ2v) is 12.4. The summed E-state index contributed by atoms with van der Waals surface area (Å²) in [6.07, 6.45) is 0. The second kappa shape index (κ2) is 10.9. The molecule has 11 aromatic rings. The molecule has 10 aromatic carbocycles. The van der Waals surface area contributed by atoms with Crippen molar-refractivity contribution in [2.24, 2.45) is 0 Å². The van der Waals surface area contributed by atoms with E-state index < -0.39 is 96.7 Å². The maximum Gasteiger partial charge on any atom is 0.136 e.